The fraction of sp³-hybridized carbons (Fsp3) is 0.786. The molecule has 0 bridgehead atoms. The van der Waals surface area contributed by atoms with Crippen LogP contribution in [0.4, 0.5) is 0 Å². The number of rotatable bonds is 10. The molecule has 1 unspecified atom stereocenters. The summed E-state index contributed by atoms with van der Waals surface area (Å²) < 4.78 is 35.8. The van der Waals surface area contributed by atoms with Gasteiger partial charge in [-0.3, -0.25) is 0 Å². The van der Waals surface area contributed by atoms with E-state index in [0.29, 0.717) is 12.0 Å². The lowest BCUT2D eigenvalue weighted by Gasteiger charge is -2.31. The third-order valence-electron chi connectivity index (χ3n) is 3.33. The van der Waals surface area contributed by atoms with Gasteiger partial charge in [0.05, 0.1) is 0 Å². The number of hydrogen-bond donors (Lipinski definition) is 0. The smallest absolute Gasteiger partial charge is 0.454 e. The largest absolute Gasteiger partial charge is 0.543 e. The van der Waals surface area contributed by atoms with E-state index < -0.39 is 29.3 Å². The molecule has 0 aromatic heterocycles. The number of carbonyl (C=O) groups is 1. The van der Waals surface area contributed by atoms with Crippen LogP contribution >= 0.6 is 0 Å². The van der Waals surface area contributed by atoms with Gasteiger partial charge in [-0.15, -0.1) is 0 Å². The topological polar surface area (TPSA) is 81.7 Å². The first-order valence-electron chi connectivity index (χ1n) is 7.33. The summed E-state index contributed by atoms with van der Waals surface area (Å²) in [5.74, 6) is -0.463. The van der Waals surface area contributed by atoms with Crippen LogP contribution in [-0.2, 0) is 36.1 Å². The summed E-state index contributed by atoms with van der Waals surface area (Å²) in [7, 11) is 4.08. The molecule has 0 aliphatic heterocycles. The van der Waals surface area contributed by atoms with E-state index in [4.69, 9.17) is 31.3 Å². The van der Waals surface area contributed by atoms with Crippen LogP contribution in [0.3, 0.4) is 0 Å². The summed E-state index contributed by atoms with van der Waals surface area (Å²) in [5.41, 5.74) is -0.179. The summed E-state index contributed by atoms with van der Waals surface area (Å²) >= 11 is 0. The van der Waals surface area contributed by atoms with E-state index in [9.17, 15) is 4.79 Å². The maximum Gasteiger partial charge on any atom is 0.543 e. The summed E-state index contributed by atoms with van der Waals surface area (Å²) in [6.45, 7) is 8.80. The van der Waals surface area contributed by atoms with Crippen molar-refractivity contribution < 1.29 is 36.1 Å². The molecule has 144 valence electrons. The van der Waals surface area contributed by atoms with Crippen LogP contribution < -0.4 is 0 Å². The molecular weight excluding hydrogens is 352 g/mol. The highest BCUT2D eigenvalue weighted by atomic mass is 28.4. The van der Waals surface area contributed by atoms with Crippen molar-refractivity contribution in [2.75, 3.05) is 42.7 Å². The van der Waals surface area contributed by atoms with Crippen molar-refractivity contribution in [3.8, 4) is 0 Å². The second-order valence-electron chi connectivity index (χ2n) is 4.77. The van der Waals surface area contributed by atoms with Crippen LogP contribution in [0.5, 0.6) is 0 Å². The van der Waals surface area contributed by atoms with E-state index in [1.807, 2.05) is 13.5 Å². The molecule has 0 saturated carbocycles. The monoisotopic (exact) mass is 384 g/mol. The zero-order valence-corrected chi connectivity index (χ0v) is 18.3. The Hall–Kier alpha value is -0.596. The molecule has 24 heavy (non-hydrogen) atoms. The fourth-order valence-corrected chi connectivity index (χ4v) is 4.07. The Balaban J connectivity index is 0. The zero-order valence-electron chi connectivity index (χ0n) is 16.3. The van der Waals surface area contributed by atoms with Crippen LogP contribution in [0.2, 0.25) is 6.55 Å². The Bertz CT molecular complexity index is 353. The number of esters is 1. The second-order valence-corrected chi connectivity index (χ2v) is 10.8. The van der Waals surface area contributed by atoms with Crippen molar-refractivity contribution in [2.45, 2.75) is 32.5 Å². The first-order valence-corrected chi connectivity index (χ1v) is 11.4. The van der Waals surface area contributed by atoms with E-state index in [1.54, 1.807) is 28.3 Å². The highest BCUT2D eigenvalue weighted by molar-refractivity contribution is 6.62. The molecule has 0 aromatic rings. The highest BCUT2D eigenvalue weighted by Crippen LogP contribution is 2.19. The SMILES string of the molecule is C=C(C)C(=O)OC(CC)[Si](OC)(OC)OC.CO[Si](C)(OC)OC. The first-order chi connectivity index (χ1) is 11.1. The zero-order chi connectivity index (χ0) is 19.4. The Labute approximate surface area is 147 Å². The van der Waals surface area contributed by atoms with Gasteiger partial charge in [-0.1, -0.05) is 13.5 Å². The summed E-state index contributed by atoms with van der Waals surface area (Å²) in [6.07, 6.45) is 0.556. The van der Waals surface area contributed by atoms with Gasteiger partial charge >= 0.3 is 23.6 Å². The van der Waals surface area contributed by atoms with Gasteiger partial charge in [0.2, 0.25) is 0 Å². The van der Waals surface area contributed by atoms with E-state index >= 15 is 0 Å². The molecule has 0 amide bonds. The Morgan fingerprint density at radius 1 is 0.917 bits per heavy atom. The fourth-order valence-electron chi connectivity index (χ4n) is 1.53. The van der Waals surface area contributed by atoms with E-state index in [1.165, 1.54) is 21.3 Å². The lowest BCUT2D eigenvalue weighted by atomic mass is 10.4. The average Bonchev–Trinajstić information content (AvgIpc) is 2.61. The van der Waals surface area contributed by atoms with Crippen molar-refractivity contribution in [3.05, 3.63) is 12.2 Å². The van der Waals surface area contributed by atoms with Gasteiger partial charge in [0, 0.05) is 54.8 Å². The van der Waals surface area contributed by atoms with Crippen molar-refractivity contribution in [3.63, 3.8) is 0 Å². The third-order valence-corrected chi connectivity index (χ3v) is 8.58. The molecule has 0 spiro atoms. The van der Waals surface area contributed by atoms with Gasteiger partial charge in [-0.2, -0.15) is 0 Å². The standard InChI is InChI=1S/C10H20O5Si.C4H12O3Si/c1-7-9(15-10(11)8(2)3)16(12-4,13-5)14-6;1-5-8(4,6-2)7-3/h9H,2,7H2,1,3-6H3;1-4H3. The molecule has 0 aliphatic rings. The minimum Gasteiger partial charge on any atom is -0.454 e. The molecular formula is C14H32O8Si2. The van der Waals surface area contributed by atoms with Crippen molar-refractivity contribution in [1.29, 1.82) is 0 Å². The van der Waals surface area contributed by atoms with Gasteiger partial charge < -0.3 is 31.3 Å². The predicted molar refractivity (Wildman–Crippen MR) is 94.4 cm³/mol. The molecule has 0 aromatic carbocycles. The van der Waals surface area contributed by atoms with E-state index in [0.717, 1.165) is 0 Å². The van der Waals surface area contributed by atoms with Crippen LogP contribution in [0.1, 0.15) is 20.3 Å². The molecule has 0 radical (unpaired) electrons. The van der Waals surface area contributed by atoms with Crippen LogP contribution in [-0.4, -0.2) is 72.0 Å². The molecule has 0 saturated heterocycles. The van der Waals surface area contributed by atoms with Gasteiger partial charge in [0.1, 0.15) is 0 Å². The normalized spacial score (nSPS) is 12.9. The average molecular weight is 385 g/mol. The number of ether oxygens (including phenoxy) is 1. The summed E-state index contributed by atoms with van der Waals surface area (Å²) in [4.78, 5) is 11.4. The lowest BCUT2D eigenvalue weighted by Crippen LogP contribution is -2.56. The molecule has 8 nitrogen and oxygen atoms in total. The van der Waals surface area contributed by atoms with Crippen molar-refractivity contribution >= 4 is 23.6 Å². The van der Waals surface area contributed by atoms with Crippen molar-refractivity contribution in [2.24, 2.45) is 0 Å². The van der Waals surface area contributed by atoms with E-state index in [2.05, 4.69) is 6.58 Å². The van der Waals surface area contributed by atoms with Gasteiger partial charge in [0.25, 0.3) is 0 Å². The number of hydrogen-bond acceptors (Lipinski definition) is 8. The minimum absolute atomic E-state index is 0.338. The first kappa shape index (κ1) is 25.6. The summed E-state index contributed by atoms with van der Waals surface area (Å²) in [5, 5.41) is 0. The second kappa shape index (κ2) is 12.7. The molecule has 0 rings (SSSR count). The molecule has 0 heterocycles. The maximum atomic E-state index is 11.4. The van der Waals surface area contributed by atoms with Crippen LogP contribution in [0.15, 0.2) is 12.2 Å². The van der Waals surface area contributed by atoms with Crippen molar-refractivity contribution in [1.82, 2.24) is 0 Å². The van der Waals surface area contributed by atoms with Gasteiger partial charge in [-0.05, 0) is 13.3 Å². The number of carbonyl (C=O) groups excluding carboxylic acids is 1. The highest BCUT2D eigenvalue weighted by Gasteiger charge is 2.49. The third kappa shape index (κ3) is 7.99. The molecule has 0 fully saturated rings. The molecule has 0 N–H and O–H groups in total. The molecule has 1 atom stereocenters. The quantitative estimate of drug-likeness (QED) is 0.320. The predicted octanol–water partition coefficient (Wildman–Crippen LogP) is 1.80. The van der Waals surface area contributed by atoms with Crippen LogP contribution in [0, 0.1) is 0 Å². The Kier molecular flexibility index (Phi) is 13.6. The Morgan fingerprint density at radius 3 is 1.46 bits per heavy atom. The summed E-state index contributed by atoms with van der Waals surface area (Å²) in [6, 6.07) is 0. The molecule has 10 heteroatoms. The van der Waals surface area contributed by atoms with Gasteiger partial charge in [0.15, 0.2) is 5.73 Å². The van der Waals surface area contributed by atoms with Gasteiger partial charge in [-0.25, -0.2) is 4.79 Å². The Morgan fingerprint density at radius 2 is 1.29 bits per heavy atom. The van der Waals surface area contributed by atoms with Crippen LogP contribution in [0.25, 0.3) is 0 Å². The molecule has 0 aliphatic carbocycles. The minimum atomic E-state index is -2.94. The van der Waals surface area contributed by atoms with E-state index in [-0.39, 0.29) is 0 Å². The maximum absolute atomic E-state index is 11.4. The lowest BCUT2D eigenvalue weighted by molar-refractivity contribution is -0.143.